The molecule has 4 N–H and O–H groups in total. The third kappa shape index (κ3) is 5.46. The molecule has 0 saturated heterocycles. The molecule has 0 radical (unpaired) electrons. The van der Waals surface area contributed by atoms with E-state index in [1.807, 2.05) is 0 Å². The summed E-state index contributed by atoms with van der Waals surface area (Å²) in [7, 11) is 1.60. The van der Waals surface area contributed by atoms with Crippen molar-refractivity contribution in [1.29, 1.82) is 0 Å². The van der Waals surface area contributed by atoms with Gasteiger partial charge in [-0.25, -0.2) is 0 Å². The number of nitrogens with two attached hydrogens (primary N) is 1. The third-order valence-corrected chi connectivity index (χ3v) is 3.36. The highest BCUT2D eigenvalue weighted by molar-refractivity contribution is 6.31. The van der Waals surface area contributed by atoms with Crippen molar-refractivity contribution in [2.75, 3.05) is 20.3 Å². The van der Waals surface area contributed by atoms with E-state index in [-0.39, 0.29) is 0 Å². The largest absolute Gasteiger partial charge is 0.389 e. The fraction of sp³-hybridized carbons (Fsp3) is 0.500. The van der Waals surface area contributed by atoms with E-state index in [1.54, 1.807) is 32.2 Å². The monoisotopic (exact) mass is 300 g/mol. The van der Waals surface area contributed by atoms with E-state index in [2.05, 4.69) is 5.32 Å². The first-order chi connectivity index (χ1) is 9.35. The van der Waals surface area contributed by atoms with Crippen LogP contribution in [0.1, 0.15) is 29.3 Å². The topological polar surface area (TPSA) is 84.6 Å². The molecule has 1 rings (SSSR count). The standard InChI is InChI=1S/C14H21ClN2O3/c1-14(19,5-6-20-2)9-17-8-11-4-3-10(13(16)18)7-12(11)15/h3-4,7,17,19H,5-6,8-9H2,1-2H3,(H2,16,18). The van der Waals surface area contributed by atoms with E-state index in [0.29, 0.717) is 36.7 Å². The average Bonchev–Trinajstić information content (AvgIpc) is 2.38. The molecular weight excluding hydrogens is 280 g/mol. The zero-order chi connectivity index (χ0) is 15.2. The highest BCUT2D eigenvalue weighted by Gasteiger charge is 2.19. The Kier molecular flexibility index (Phi) is 6.42. The molecule has 1 unspecified atom stereocenters. The summed E-state index contributed by atoms with van der Waals surface area (Å²) >= 11 is 6.08. The summed E-state index contributed by atoms with van der Waals surface area (Å²) in [6, 6.07) is 4.93. The molecule has 0 saturated carbocycles. The second-order valence-electron chi connectivity index (χ2n) is 5.01. The van der Waals surface area contributed by atoms with Crippen LogP contribution in [-0.4, -0.2) is 36.9 Å². The van der Waals surface area contributed by atoms with Crippen molar-refractivity contribution in [1.82, 2.24) is 5.32 Å². The van der Waals surface area contributed by atoms with Crippen LogP contribution in [0.3, 0.4) is 0 Å². The lowest BCUT2D eigenvalue weighted by atomic mass is 10.0. The van der Waals surface area contributed by atoms with Crippen molar-refractivity contribution in [2.45, 2.75) is 25.5 Å². The predicted molar refractivity (Wildman–Crippen MR) is 78.8 cm³/mol. The first-order valence-corrected chi connectivity index (χ1v) is 6.74. The molecule has 0 fully saturated rings. The molecule has 1 aromatic carbocycles. The second kappa shape index (κ2) is 7.59. The molecule has 0 bridgehead atoms. The van der Waals surface area contributed by atoms with Crippen LogP contribution in [-0.2, 0) is 11.3 Å². The van der Waals surface area contributed by atoms with Crippen molar-refractivity contribution in [2.24, 2.45) is 5.73 Å². The molecular formula is C14H21ClN2O3. The van der Waals surface area contributed by atoms with Crippen molar-refractivity contribution < 1.29 is 14.6 Å². The lowest BCUT2D eigenvalue weighted by molar-refractivity contribution is 0.0247. The molecule has 112 valence electrons. The first-order valence-electron chi connectivity index (χ1n) is 6.36. The van der Waals surface area contributed by atoms with Crippen LogP contribution in [0.15, 0.2) is 18.2 Å². The van der Waals surface area contributed by atoms with Gasteiger partial charge in [-0.1, -0.05) is 17.7 Å². The van der Waals surface area contributed by atoms with Gasteiger partial charge in [0.1, 0.15) is 0 Å². The fourth-order valence-electron chi connectivity index (χ4n) is 1.72. The number of amides is 1. The van der Waals surface area contributed by atoms with Crippen LogP contribution in [0.4, 0.5) is 0 Å². The normalized spacial score (nSPS) is 14.0. The van der Waals surface area contributed by atoms with Crippen LogP contribution in [0.5, 0.6) is 0 Å². The molecule has 0 heterocycles. The Morgan fingerprint density at radius 3 is 2.80 bits per heavy atom. The molecule has 0 aliphatic rings. The van der Waals surface area contributed by atoms with Crippen molar-refractivity contribution >= 4 is 17.5 Å². The minimum Gasteiger partial charge on any atom is -0.389 e. The molecule has 1 atom stereocenters. The summed E-state index contributed by atoms with van der Waals surface area (Å²) in [4.78, 5) is 11.0. The Morgan fingerprint density at radius 1 is 1.55 bits per heavy atom. The van der Waals surface area contributed by atoms with E-state index in [1.165, 1.54) is 0 Å². The van der Waals surface area contributed by atoms with Gasteiger partial charge in [-0.15, -0.1) is 0 Å². The molecule has 6 heteroatoms. The SMILES string of the molecule is COCCC(C)(O)CNCc1ccc(C(N)=O)cc1Cl. The van der Waals surface area contributed by atoms with E-state index in [9.17, 15) is 9.90 Å². The number of ether oxygens (including phenoxy) is 1. The minimum absolute atomic E-state index is 0.380. The zero-order valence-corrected chi connectivity index (χ0v) is 12.5. The summed E-state index contributed by atoms with van der Waals surface area (Å²) in [5.74, 6) is -0.506. The zero-order valence-electron chi connectivity index (χ0n) is 11.8. The van der Waals surface area contributed by atoms with Gasteiger partial charge in [0.2, 0.25) is 5.91 Å². The van der Waals surface area contributed by atoms with Crippen LogP contribution in [0, 0.1) is 0 Å². The van der Waals surface area contributed by atoms with Crippen molar-refractivity contribution in [3.63, 3.8) is 0 Å². The number of hydrogen-bond donors (Lipinski definition) is 3. The minimum atomic E-state index is -0.838. The Morgan fingerprint density at radius 2 is 2.25 bits per heavy atom. The summed E-state index contributed by atoms with van der Waals surface area (Å²) in [6.45, 7) is 3.17. The number of aliphatic hydroxyl groups is 1. The van der Waals surface area contributed by atoms with Crippen LogP contribution < -0.4 is 11.1 Å². The fourth-order valence-corrected chi connectivity index (χ4v) is 1.97. The molecule has 0 aliphatic heterocycles. The predicted octanol–water partition coefficient (Wildman–Crippen LogP) is 1.32. The number of halogens is 1. The number of methoxy groups -OCH3 is 1. The van der Waals surface area contributed by atoms with Gasteiger partial charge in [-0.2, -0.15) is 0 Å². The molecule has 0 aromatic heterocycles. The average molecular weight is 301 g/mol. The molecule has 20 heavy (non-hydrogen) atoms. The third-order valence-electron chi connectivity index (χ3n) is 3.00. The highest BCUT2D eigenvalue weighted by atomic mass is 35.5. The highest BCUT2D eigenvalue weighted by Crippen LogP contribution is 2.18. The van der Waals surface area contributed by atoms with Gasteiger partial charge in [-0.05, 0) is 24.6 Å². The van der Waals surface area contributed by atoms with Gasteiger partial charge in [-0.3, -0.25) is 4.79 Å². The van der Waals surface area contributed by atoms with Crippen LogP contribution in [0.2, 0.25) is 5.02 Å². The molecule has 0 spiro atoms. The number of benzene rings is 1. The summed E-state index contributed by atoms with van der Waals surface area (Å²) in [6.07, 6.45) is 0.546. The maximum absolute atomic E-state index is 11.0. The summed E-state index contributed by atoms with van der Waals surface area (Å²) in [5.41, 5.74) is 5.57. The van der Waals surface area contributed by atoms with Gasteiger partial charge in [0.25, 0.3) is 0 Å². The van der Waals surface area contributed by atoms with E-state index >= 15 is 0 Å². The number of nitrogens with one attached hydrogen (secondary N) is 1. The second-order valence-corrected chi connectivity index (χ2v) is 5.42. The smallest absolute Gasteiger partial charge is 0.248 e. The van der Waals surface area contributed by atoms with Gasteiger partial charge in [0.15, 0.2) is 0 Å². The summed E-state index contributed by atoms with van der Waals surface area (Å²) in [5, 5.41) is 13.7. The summed E-state index contributed by atoms with van der Waals surface area (Å²) < 4.78 is 4.94. The number of hydrogen-bond acceptors (Lipinski definition) is 4. The van der Waals surface area contributed by atoms with Crippen molar-refractivity contribution in [3.05, 3.63) is 34.3 Å². The Balaban J connectivity index is 2.52. The Labute approximate surface area is 124 Å². The first kappa shape index (κ1) is 16.9. The maximum atomic E-state index is 11.0. The number of carbonyl (C=O) groups is 1. The molecule has 1 aromatic rings. The van der Waals surface area contributed by atoms with Crippen molar-refractivity contribution in [3.8, 4) is 0 Å². The quantitative estimate of drug-likeness (QED) is 0.676. The number of primary amides is 1. The van der Waals surface area contributed by atoms with Gasteiger partial charge < -0.3 is 20.9 Å². The maximum Gasteiger partial charge on any atom is 0.248 e. The number of carbonyl (C=O) groups excluding carboxylic acids is 1. The van der Waals surface area contributed by atoms with E-state index in [4.69, 9.17) is 22.1 Å². The Hall–Kier alpha value is -1.14. The lowest BCUT2D eigenvalue weighted by Gasteiger charge is -2.23. The van der Waals surface area contributed by atoms with Crippen LogP contribution >= 0.6 is 11.6 Å². The number of rotatable bonds is 8. The van der Waals surface area contributed by atoms with E-state index in [0.717, 1.165) is 5.56 Å². The molecule has 0 aliphatic carbocycles. The van der Waals surface area contributed by atoms with Gasteiger partial charge in [0, 0.05) is 43.8 Å². The Bertz CT molecular complexity index is 464. The lowest BCUT2D eigenvalue weighted by Crippen LogP contribution is -2.38. The molecule has 5 nitrogen and oxygen atoms in total. The van der Waals surface area contributed by atoms with E-state index < -0.39 is 11.5 Å². The van der Waals surface area contributed by atoms with Gasteiger partial charge in [0.05, 0.1) is 5.60 Å². The van der Waals surface area contributed by atoms with Crippen LogP contribution in [0.25, 0.3) is 0 Å². The molecule has 1 amide bonds. The van der Waals surface area contributed by atoms with Gasteiger partial charge >= 0.3 is 0 Å².